The van der Waals surface area contributed by atoms with Gasteiger partial charge in [0.15, 0.2) is 16.9 Å². The number of halogens is 2. The summed E-state index contributed by atoms with van der Waals surface area (Å²) in [6.07, 6.45) is 1.10. The minimum absolute atomic E-state index is 0.0855. The standard InChI is InChI=1S/C26H21Cl2N9O4/c1-35(8-3-9-40-25(30)38)26(39)37-24-18(4-2-7-31-24)20(33-37)14-36-21-6-5-19(28)23(22(21)32-34-36)41-17-11-15(13-29)10-16(27)12-17/h2,4-7,10-12H,3,8-9,14H2,1H3,(H2,30,38). The van der Waals surface area contributed by atoms with Crippen LogP contribution in [0, 0.1) is 11.3 Å². The quantitative estimate of drug-likeness (QED) is 0.253. The highest BCUT2D eigenvalue weighted by Gasteiger charge is 2.22. The molecule has 208 valence electrons. The molecule has 13 nitrogen and oxygen atoms in total. The van der Waals surface area contributed by atoms with E-state index in [0.29, 0.717) is 57.1 Å². The lowest BCUT2D eigenvalue weighted by Crippen LogP contribution is -2.33. The molecule has 3 aromatic heterocycles. The van der Waals surface area contributed by atoms with E-state index < -0.39 is 12.1 Å². The Morgan fingerprint density at radius 1 is 1.20 bits per heavy atom. The monoisotopic (exact) mass is 593 g/mol. The van der Waals surface area contributed by atoms with Crippen LogP contribution in [0.5, 0.6) is 11.5 Å². The summed E-state index contributed by atoms with van der Waals surface area (Å²) in [6, 6.07) is 13.2. The van der Waals surface area contributed by atoms with Crippen molar-refractivity contribution in [2.24, 2.45) is 5.73 Å². The van der Waals surface area contributed by atoms with Crippen molar-refractivity contribution in [3.05, 3.63) is 70.0 Å². The van der Waals surface area contributed by atoms with Crippen LogP contribution < -0.4 is 10.5 Å². The minimum Gasteiger partial charge on any atom is -0.453 e. The van der Waals surface area contributed by atoms with E-state index in [0.717, 1.165) is 0 Å². The Morgan fingerprint density at radius 2 is 2.02 bits per heavy atom. The molecule has 3 heterocycles. The molecule has 0 atom stereocenters. The molecule has 0 saturated heterocycles. The fourth-order valence-corrected chi connectivity index (χ4v) is 4.56. The lowest BCUT2D eigenvalue weighted by Gasteiger charge is -2.16. The van der Waals surface area contributed by atoms with Gasteiger partial charge in [-0.1, -0.05) is 28.4 Å². The third kappa shape index (κ3) is 5.84. The van der Waals surface area contributed by atoms with Crippen molar-refractivity contribution in [2.75, 3.05) is 20.2 Å². The van der Waals surface area contributed by atoms with Crippen LogP contribution in [0.2, 0.25) is 10.0 Å². The van der Waals surface area contributed by atoms with Gasteiger partial charge in [0.25, 0.3) is 0 Å². The normalized spacial score (nSPS) is 11.0. The largest absolute Gasteiger partial charge is 0.453 e. The summed E-state index contributed by atoms with van der Waals surface area (Å²) in [5, 5.41) is 23.6. The van der Waals surface area contributed by atoms with Gasteiger partial charge in [-0.15, -0.1) is 5.10 Å². The number of benzene rings is 2. The van der Waals surface area contributed by atoms with Gasteiger partial charge in [0.2, 0.25) is 0 Å². The predicted octanol–water partition coefficient (Wildman–Crippen LogP) is 4.58. The summed E-state index contributed by atoms with van der Waals surface area (Å²) in [6.45, 7) is 0.545. The fraction of sp³-hybridized carbons (Fsp3) is 0.192. The van der Waals surface area contributed by atoms with Gasteiger partial charge < -0.3 is 20.1 Å². The molecule has 0 spiro atoms. The first-order valence-corrected chi connectivity index (χ1v) is 12.9. The maximum Gasteiger partial charge on any atom is 0.404 e. The number of nitrogens with zero attached hydrogens (tertiary/aromatic N) is 8. The van der Waals surface area contributed by atoms with E-state index in [1.54, 1.807) is 42.2 Å². The molecule has 41 heavy (non-hydrogen) atoms. The summed E-state index contributed by atoms with van der Waals surface area (Å²) >= 11 is 12.6. The number of ether oxygens (including phenoxy) is 2. The number of nitrogens with two attached hydrogens (primary N) is 1. The zero-order valence-electron chi connectivity index (χ0n) is 21.5. The fourth-order valence-electron chi connectivity index (χ4n) is 4.14. The van der Waals surface area contributed by atoms with Crippen molar-refractivity contribution in [3.8, 4) is 17.6 Å². The third-order valence-corrected chi connectivity index (χ3v) is 6.54. The average molecular weight is 594 g/mol. The molecule has 0 unspecified atom stereocenters. The Kier molecular flexibility index (Phi) is 7.86. The number of fused-ring (bicyclic) bond motifs is 2. The van der Waals surface area contributed by atoms with E-state index in [4.69, 9.17) is 38.4 Å². The molecule has 5 rings (SSSR count). The number of rotatable bonds is 8. The van der Waals surface area contributed by atoms with Gasteiger partial charge in [-0.25, -0.2) is 19.3 Å². The smallest absolute Gasteiger partial charge is 0.404 e. The van der Waals surface area contributed by atoms with Crippen molar-refractivity contribution in [1.29, 1.82) is 5.26 Å². The van der Waals surface area contributed by atoms with Crippen LogP contribution in [0.3, 0.4) is 0 Å². The van der Waals surface area contributed by atoms with Crippen LogP contribution in [-0.2, 0) is 11.3 Å². The van der Waals surface area contributed by atoms with E-state index in [-0.39, 0.29) is 23.9 Å². The number of carbonyl (C=O) groups is 2. The zero-order chi connectivity index (χ0) is 29.1. The number of amides is 2. The highest BCUT2D eigenvalue weighted by atomic mass is 35.5. The number of aromatic nitrogens is 6. The van der Waals surface area contributed by atoms with Crippen molar-refractivity contribution in [3.63, 3.8) is 0 Å². The summed E-state index contributed by atoms with van der Waals surface area (Å²) in [5.41, 5.74) is 7.19. The molecular formula is C26H21Cl2N9O4. The second kappa shape index (κ2) is 11.7. The molecule has 5 aromatic rings. The first-order valence-electron chi connectivity index (χ1n) is 12.2. The maximum atomic E-state index is 13.2. The second-order valence-corrected chi connectivity index (χ2v) is 9.68. The highest BCUT2D eigenvalue weighted by molar-refractivity contribution is 6.33. The van der Waals surface area contributed by atoms with Gasteiger partial charge in [-0.05, 0) is 48.9 Å². The second-order valence-electron chi connectivity index (χ2n) is 8.84. The Labute approximate surface area is 242 Å². The summed E-state index contributed by atoms with van der Waals surface area (Å²) in [5.74, 6) is 0.563. The van der Waals surface area contributed by atoms with Crippen LogP contribution in [0.25, 0.3) is 22.1 Å². The Hall–Kier alpha value is -4.93. The van der Waals surface area contributed by atoms with Gasteiger partial charge in [0, 0.05) is 30.2 Å². The predicted molar refractivity (Wildman–Crippen MR) is 149 cm³/mol. The van der Waals surface area contributed by atoms with Gasteiger partial charge in [0.1, 0.15) is 5.75 Å². The molecule has 0 aliphatic carbocycles. The zero-order valence-corrected chi connectivity index (χ0v) is 23.0. The molecule has 0 radical (unpaired) electrons. The molecule has 2 N–H and O–H groups in total. The van der Waals surface area contributed by atoms with Gasteiger partial charge in [-0.3, -0.25) is 0 Å². The Bertz CT molecular complexity index is 1830. The number of pyridine rings is 1. The van der Waals surface area contributed by atoms with E-state index in [2.05, 4.69) is 20.4 Å². The van der Waals surface area contributed by atoms with Gasteiger partial charge >= 0.3 is 12.1 Å². The lowest BCUT2D eigenvalue weighted by molar-refractivity contribution is 0.150. The molecule has 2 aromatic carbocycles. The molecule has 15 heteroatoms. The Morgan fingerprint density at radius 3 is 2.80 bits per heavy atom. The van der Waals surface area contributed by atoms with Crippen molar-refractivity contribution in [1.82, 2.24) is 34.7 Å². The Balaban J connectivity index is 1.44. The SMILES string of the molecule is CN(CCCOC(N)=O)C(=O)n1nc(Cn2nnc3c(Oc4cc(Cl)cc(C#N)c4)c(Cl)ccc32)c2cccnc21. The van der Waals surface area contributed by atoms with E-state index >= 15 is 0 Å². The molecule has 2 amide bonds. The van der Waals surface area contributed by atoms with Crippen molar-refractivity contribution < 1.29 is 19.1 Å². The maximum absolute atomic E-state index is 13.2. The van der Waals surface area contributed by atoms with E-state index in [1.165, 1.54) is 21.7 Å². The van der Waals surface area contributed by atoms with Crippen molar-refractivity contribution in [2.45, 2.75) is 13.0 Å². The van der Waals surface area contributed by atoms with Gasteiger partial charge in [0.05, 0.1) is 41.0 Å². The number of hydrogen-bond donors (Lipinski definition) is 1. The summed E-state index contributed by atoms with van der Waals surface area (Å²) < 4.78 is 13.5. The minimum atomic E-state index is -0.870. The van der Waals surface area contributed by atoms with Crippen LogP contribution in [-0.4, -0.2) is 67.0 Å². The molecule has 0 bridgehead atoms. The molecule has 0 aliphatic heterocycles. The van der Waals surface area contributed by atoms with Crippen LogP contribution in [0.1, 0.15) is 17.7 Å². The summed E-state index contributed by atoms with van der Waals surface area (Å²) in [7, 11) is 1.61. The molecule has 0 fully saturated rings. The van der Waals surface area contributed by atoms with Gasteiger partial charge in [-0.2, -0.15) is 15.0 Å². The first kappa shape index (κ1) is 27.6. The number of carbonyl (C=O) groups excluding carboxylic acids is 2. The summed E-state index contributed by atoms with van der Waals surface area (Å²) in [4.78, 5) is 29.8. The van der Waals surface area contributed by atoms with Crippen LogP contribution in [0.15, 0.2) is 48.7 Å². The highest BCUT2D eigenvalue weighted by Crippen LogP contribution is 2.37. The number of primary amides is 1. The average Bonchev–Trinajstić information content (AvgIpc) is 3.53. The lowest BCUT2D eigenvalue weighted by atomic mass is 10.2. The number of hydrogen-bond acceptors (Lipinski definition) is 9. The van der Waals surface area contributed by atoms with Crippen molar-refractivity contribution >= 4 is 57.4 Å². The van der Waals surface area contributed by atoms with Crippen LogP contribution >= 0.6 is 23.2 Å². The molecule has 0 aliphatic rings. The first-order chi connectivity index (χ1) is 19.7. The molecular weight excluding hydrogens is 573 g/mol. The van der Waals surface area contributed by atoms with E-state index in [9.17, 15) is 14.9 Å². The molecule has 0 saturated carbocycles. The number of nitriles is 1. The van der Waals surface area contributed by atoms with E-state index in [1.807, 2.05) is 12.1 Å². The topological polar surface area (TPSA) is 167 Å². The third-order valence-electron chi connectivity index (χ3n) is 6.02. The van der Waals surface area contributed by atoms with Crippen LogP contribution in [0.4, 0.5) is 9.59 Å².